The number of aliphatic carboxylic acids is 2. The fraction of sp³-hybridized carbons (Fsp3) is 0.475. The Morgan fingerprint density at radius 2 is 0.724 bits per heavy atom. The minimum atomic E-state index is -1.59. The molecule has 0 aliphatic heterocycles. The van der Waals surface area contributed by atoms with E-state index in [0.717, 1.165) is 35.5 Å². The van der Waals surface area contributed by atoms with Crippen LogP contribution in [0.25, 0.3) is 0 Å². The van der Waals surface area contributed by atoms with Crippen LogP contribution in [0.3, 0.4) is 0 Å². The van der Waals surface area contributed by atoms with Gasteiger partial charge in [0, 0.05) is 50.4 Å². The van der Waals surface area contributed by atoms with Crippen LogP contribution in [0, 0.1) is 0 Å². The lowest BCUT2D eigenvalue weighted by Gasteiger charge is -2.21. The second-order valence-electron chi connectivity index (χ2n) is 19.2. The fourth-order valence-corrected chi connectivity index (χ4v) is 8.49. The highest BCUT2D eigenvalue weighted by molar-refractivity contribution is 6.31. The number of amides is 4. The van der Waals surface area contributed by atoms with Gasteiger partial charge >= 0.3 is 29.7 Å². The van der Waals surface area contributed by atoms with Gasteiger partial charge in [-0.3, -0.25) is 29.6 Å². The van der Waals surface area contributed by atoms with Crippen molar-refractivity contribution in [3.05, 3.63) is 136 Å². The maximum absolute atomic E-state index is 12.6. The van der Waals surface area contributed by atoms with Gasteiger partial charge in [-0.25, -0.2) is 14.4 Å². The summed E-state index contributed by atoms with van der Waals surface area (Å²) in [5.74, 6) is -6.80. The van der Waals surface area contributed by atoms with E-state index in [0.29, 0.717) is 46.5 Å². The van der Waals surface area contributed by atoms with Crippen LogP contribution in [0.15, 0.2) is 97.1 Å². The van der Waals surface area contributed by atoms with Crippen LogP contribution in [0.1, 0.15) is 196 Å². The zero-order valence-electron chi connectivity index (χ0n) is 44.6. The summed E-state index contributed by atoms with van der Waals surface area (Å²) in [6.07, 6.45) is 24.5. The first-order valence-electron chi connectivity index (χ1n) is 27.0. The van der Waals surface area contributed by atoms with Crippen LogP contribution < -0.4 is 15.9 Å². The minimum absolute atomic E-state index is 0.00141. The maximum atomic E-state index is 12.6. The summed E-state index contributed by atoms with van der Waals surface area (Å²) in [6.45, 7) is 5.61. The summed E-state index contributed by atoms with van der Waals surface area (Å²) in [5.41, 5.74) is 3.57. The molecule has 0 aliphatic carbocycles. The average Bonchev–Trinajstić information content (AvgIpc) is 3.41. The lowest BCUT2D eigenvalue weighted by atomic mass is 10.1. The number of nitrogens with one attached hydrogen (secondary N) is 2. The normalized spacial score (nSPS) is 10.7. The van der Waals surface area contributed by atoms with Crippen LogP contribution in [-0.4, -0.2) is 90.2 Å². The summed E-state index contributed by atoms with van der Waals surface area (Å²) in [7, 11) is 0. The van der Waals surface area contributed by atoms with Crippen molar-refractivity contribution in [3.63, 3.8) is 0 Å². The van der Waals surface area contributed by atoms with E-state index in [9.17, 15) is 43.8 Å². The van der Waals surface area contributed by atoms with Crippen molar-refractivity contribution in [2.24, 2.45) is 0 Å². The molecule has 0 atom stereocenters. The van der Waals surface area contributed by atoms with Gasteiger partial charge in [0.25, 0.3) is 11.8 Å². The first-order chi connectivity index (χ1) is 36.6. The molecular weight excluding hydrogens is 971 g/mol. The van der Waals surface area contributed by atoms with Gasteiger partial charge in [-0.15, -0.1) is 5.23 Å². The number of hydrogen-bond acceptors (Lipinski definition) is 10. The Morgan fingerprint density at radius 1 is 0.395 bits per heavy atom. The van der Waals surface area contributed by atoms with Crippen LogP contribution in [0.4, 0.5) is 5.69 Å². The number of nitrogens with zero attached hydrogens (tertiary/aromatic N) is 3. The maximum Gasteiger partial charge on any atom is 0.394 e. The first-order valence-corrected chi connectivity index (χ1v) is 27.0. The second kappa shape index (κ2) is 36.8. The van der Waals surface area contributed by atoms with E-state index in [4.69, 9.17) is 15.5 Å². The van der Waals surface area contributed by atoms with Gasteiger partial charge in [0.05, 0.1) is 11.3 Å². The molecule has 0 fully saturated rings. The molecule has 4 aromatic carbocycles. The Hall–Kier alpha value is -7.11. The van der Waals surface area contributed by atoms with Crippen molar-refractivity contribution in [3.8, 4) is 0 Å². The van der Waals surface area contributed by atoms with Crippen molar-refractivity contribution in [2.75, 3.05) is 18.3 Å². The molecule has 0 aliphatic rings. The zero-order chi connectivity index (χ0) is 55.5. The highest BCUT2D eigenvalue weighted by Crippen LogP contribution is 2.18. The predicted molar refractivity (Wildman–Crippen MR) is 291 cm³/mol. The molecule has 0 aromatic heterocycles. The van der Waals surface area contributed by atoms with Crippen LogP contribution in [-0.2, 0) is 45.4 Å². The third-order valence-corrected chi connectivity index (χ3v) is 12.8. The van der Waals surface area contributed by atoms with Gasteiger partial charge in [-0.05, 0) is 83.6 Å². The number of carboxylic acids is 3. The summed E-state index contributed by atoms with van der Waals surface area (Å²) in [6, 6.07) is 25.5. The van der Waals surface area contributed by atoms with Crippen LogP contribution >= 0.6 is 0 Å². The second-order valence-corrected chi connectivity index (χ2v) is 19.2. The number of carbonyl (C=O) groups is 7. The van der Waals surface area contributed by atoms with E-state index in [-0.39, 0.29) is 54.5 Å². The molecule has 0 unspecified atom stereocenters. The van der Waals surface area contributed by atoms with Gasteiger partial charge in [0.1, 0.15) is 0 Å². The lowest BCUT2D eigenvalue weighted by Crippen LogP contribution is -2.35. The Labute approximate surface area is 448 Å². The smallest absolute Gasteiger partial charge is 0.394 e. The number of anilines is 1. The Kier molecular flexibility index (Phi) is 30.6. The monoisotopic (exact) mass is 1050 g/mol. The molecule has 76 heavy (non-hydrogen) atoms. The summed E-state index contributed by atoms with van der Waals surface area (Å²) >= 11 is 0. The molecule has 4 rings (SSSR count). The minimum Gasteiger partial charge on any atom is -0.478 e. The Morgan fingerprint density at radius 3 is 1.05 bits per heavy atom. The highest BCUT2D eigenvalue weighted by Gasteiger charge is 2.24. The summed E-state index contributed by atoms with van der Waals surface area (Å²) in [4.78, 5) is 86.1. The van der Waals surface area contributed by atoms with E-state index in [1.165, 1.54) is 127 Å². The molecule has 7 N–H and O–H groups in total. The topological polar surface area (TPSA) is 254 Å². The van der Waals surface area contributed by atoms with Gasteiger partial charge in [-0.2, -0.15) is 0 Å². The lowest BCUT2D eigenvalue weighted by molar-refractivity contribution is -0.156. The van der Waals surface area contributed by atoms with E-state index < -0.39 is 29.7 Å². The molecule has 0 saturated heterocycles. The number of carbonyl (C=O) groups excluding carboxylic acids is 4. The van der Waals surface area contributed by atoms with Crippen molar-refractivity contribution < 1.29 is 59.3 Å². The van der Waals surface area contributed by atoms with Gasteiger partial charge in [0.2, 0.25) is 0 Å². The number of hydrogen-bond donors (Lipinski definition) is 7. The molecule has 0 radical (unpaired) electrons. The number of benzene rings is 4. The van der Waals surface area contributed by atoms with E-state index >= 15 is 0 Å². The predicted octanol–water partition coefficient (Wildman–Crippen LogP) is 11.2. The van der Waals surface area contributed by atoms with Gasteiger partial charge < -0.3 is 35.8 Å². The molecule has 0 saturated carbocycles. The number of rotatable bonds is 34. The molecule has 17 nitrogen and oxygen atoms in total. The molecule has 0 spiro atoms. The Balaban J connectivity index is 0.000000400. The molecule has 0 bridgehead atoms. The highest BCUT2D eigenvalue weighted by atomic mass is 16.8. The van der Waals surface area contributed by atoms with E-state index in [1.807, 2.05) is 0 Å². The first kappa shape index (κ1) is 63.2. The molecule has 17 heteroatoms. The molecule has 414 valence electrons. The van der Waals surface area contributed by atoms with Crippen LogP contribution in [0.2, 0.25) is 0 Å². The van der Waals surface area contributed by atoms with E-state index in [1.54, 1.807) is 72.8 Å². The summed E-state index contributed by atoms with van der Waals surface area (Å²) in [5, 5.41) is 51.6. The van der Waals surface area contributed by atoms with E-state index in [2.05, 4.69) is 24.5 Å². The van der Waals surface area contributed by atoms with Crippen molar-refractivity contribution >= 4 is 47.2 Å². The third-order valence-electron chi connectivity index (χ3n) is 12.8. The number of unbranched alkanes of at least 4 members (excludes halogenated alkanes) is 18. The van der Waals surface area contributed by atoms with Gasteiger partial charge in [-0.1, -0.05) is 178 Å². The van der Waals surface area contributed by atoms with Crippen molar-refractivity contribution in [1.29, 1.82) is 0 Å². The standard InChI is InChI=1S/C30H40N2O6.C29H41N3O6/c1-2-3-4-5-6-7-8-9-10-11-19-31-27(33)26-14-12-13-24(20-26)22-32(28(34)30(37)38)21-23-15-17-25(18-16-23)29(35)36;1-2-3-4-5-6-7-8-9-10-11-19-30-27(33)25-14-12-13-24(20-25)22-31(28(34)29(35)36)21-23-15-17-26(18-16-23)32(37)38/h12-18,20H,2-11,19,21-22H2,1H3,(H,31,33)(H,35,36)(H,37,38);12-18,20,37-38H,2-11,19,21-22H2,1H3,(H,30,33)(H,35,36). The quantitative estimate of drug-likeness (QED) is 0.0131. The SMILES string of the molecule is CCCCCCCCCCCCNC(=O)c1cccc(CN(Cc2ccc(C(=O)O)cc2)C(=O)C(=O)O)c1.CCCCCCCCCCCCNC(=O)c1cccc(CN(Cc2ccc(N(O)O)cc2)C(=O)C(=O)O)c1. The number of aromatic carboxylic acids is 1. The molecule has 4 aromatic rings. The third kappa shape index (κ3) is 25.4. The van der Waals surface area contributed by atoms with Crippen molar-refractivity contribution in [2.45, 2.75) is 168 Å². The molecule has 4 amide bonds. The largest absolute Gasteiger partial charge is 0.478 e. The average molecular weight is 1050 g/mol. The van der Waals surface area contributed by atoms with Crippen LogP contribution in [0.5, 0.6) is 0 Å². The summed E-state index contributed by atoms with van der Waals surface area (Å²) < 4.78 is 0. The molecular formula is C59H81N5O12. The molecule has 0 heterocycles. The van der Waals surface area contributed by atoms with Gasteiger partial charge in [0.15, 0.2) is 0 Å². The Bertz CT molecular complexity index is 2390. The number of carboxylic acid groups (broad SMARTS) is 3. The van der Waals surface area contributed by atoms with Crippen molar-refractivity contribution in [1.82, 2.24) is 20.4 Å². The zero-order valence-corrected chi connectivity index (χ0v) is 44.6. The fourth-order valence-electron chi connectivity index (χ4n) is 8.49.